The molecule has 0 aromatic heterocycles. The van der Waals surface area contributed by atoms with E-state index in [-0.39, 0.29) is 5.37 Å². The van der Waals surface area contributed by atoms with Gasteiger partial charge < -0.3 is 5.32 Å². The van der Waals surface area contributed by atoms with E-state index < -0.39 is 11.7 Å². The summed E-state index contributed by atoms with van der Waals surface area (Å²) in [5, 5.41) is 3.45. The molecule has 5 heteroatoms. The lowest BCUT2D eigenvalue weighted by molar-refractivity contribution is -0.137. The maximum atomic E-state index is 12.9. The first-order chi connectivity index (χ1) is 11.7. The quantitative estimate of drug-likeness (QED) is 0.727. The van der Waals surface area contributed by atoms with E-state index in [4.69, 9.17) is 0 Å². The Hall–Kier alpha value is -1.88. The number of aryl methyl sites for hydroxylation is 2. The summed E-state index contributed by atoms with van der Waals surface area (Å²) in [5.74, 6) is 0. The van der Waals surface area contributed by atoms with Crippen molar-refractivity contribution in [3.63, 3.8) is 0 Å². The van der Waals surface area contributed by atoms with Crippen LogP contribution in [0.1, 0.15) is 34.7 Å². The van der Waals surface area contributed by atoms with Gasteiger partial charge >= 0.3 is 6.18 Å². The first-order valence-electron chi connectivity index (χ1n) is 8.11. The van der Waals surface area contributed by atoms with Gasteiger partial charge in [0.1, 0.15) is 0 Å². The Morgan fingerprint density at radius 2 is 1.68 bits per heavy atom. The van der Waals surface area contributed by atoms with Crippen LogP contribution in [0.25, 0.3) is 4.91 Å². The highest BCUT2D eigenvalue weighted by molar-refractivity contribution is 8.09. The molecule has 0 fully saturated rings. The van der Waals surface area contributed by atoms with Gasteiger partial charge in [-0.3, -0.25) is 0 Å². The summed E-state index contributed by atoms with van der Waals surface area (Å²) in [5.41, 5.74) is 4.75. The molecule has 3 rings (SSSR count). The lowest BCUT2D eigenvalue weighted by Crippen LogP contribution is -2.21. The van der Waals surface area contributed by atoms with Crippen molar-refractivity contribution in [3.8, 4) is 0 Å². The maximum absolute atomic E-state index is 12.9. The van der Waals surface area contributed by atoms with E-state index in [0.717, 1.165) is 11.8 Å². The minimum Gasteiger partial charge on any atom is -0.375 e. The lowest BCUT2D eigenvalue weighted by atomic mass is 10.1. The molecule has 2 aromatic carbocycles. The number of allylic oxidation sites excluding steroid dienone is 1. The fourth-order valence-corrected chi connectivity index (χ4v) is 4.42. The van der Waals surface area contributed by atoms with Crippen molar-refractivity contribution >= 4 is 16.7 Å². The van der Waals surface area contributed by atoms with E-state index in [1.807, 2.05) is 6.92 Å². The zero-order valence-electron chi connectivity index (χ0n) is 14.4. The summed E-state index contributed by atoms with van der Waals surface area (Å²) >= 11 is 1.68. The van der Waals surface area contributed by atoms with Crippen molar-refractivity contribution in [2.75, 3.05) is 0 Å². The molecule has 0 saturated carbocycles. The van der Waals surface area contributed by atoms with Gasteiger partial charge in [-0.2, -0.15) is 13.2 Å². The van der Waals surface area contributed by atoms with Gasteiger partial charge in [0.2, 0.25) is 0 Å². The van der Waals surface area contributed by atoms with Crippen molar-refractivity contribution in [3.05, 3.63) is 76.0 Å². The van der Waals surface area contributed by atoms with Gasteiger partial charge in [-0.1, -0.05) is 59.3 Å². The molecule has 1 atom stereocenters. The maximum Gasteiger partial charge on any atom is 0.416 e. The fourth-order valence-electron chi connectivity index (χ4n) is 3.14. The number of alkyl halides is 3. The minimum atomic E-state index is -4.30. The van der Waals surface area contributed by atoms with Gasteiger partial charge in [-0.15, -0.1) is 0 Å². The SMILES string of the molecule is CC1=C(c2cc(C)cc(C)c2)SC(Cc2cccc(C(F)(F)F)c2)N1. The second-order valence-corrected chi connectivity index (χ2v) is 7.70. The van der Waals surface area contributed by atoms with Crippen LogP contribution < -0.4 is 5.32 Å². The highest BCUT2D eigenvalue weighted by Crippen LogP contribution is 2.40. The molecule has 0 aliphatic carbocycles. The summed E-state index contributed by atoms with van der Waals surface area (Å²) in [6.07, 6.45) is -3.76. The molecule has 1 aliphatic heterocycles. The first-order valence-corrected chi connectivity index (χ1v) is 8.99. The molecule has 0 spiro atoms. The van der Waals surface area contributed by atoms with Gasteiger partial charge in [-0.05, 0) is 38.0 Å². The third kappa shape index (κ3) is 4.21. The Morgan fingerprint density at radius 1 is 1.00 bits per heavy atom. The van der Waals surface area contributed by atoms with Crippen molar-refractivity contribution in [2.24, 2.45) is 0 Å². The Labute approximate surface area is 150 Å². The molecule has 1 unspecified atom stereocenters. The largest absolute Gasteiger partial charge is 0.416 e. The molecule has 25 heavy (non-hydrogen) atoms. The third-order valence-corrected chi connectivity index (χ3v) is 5.48. The van der Waals surface area contributed by atoms with Gasteiger partial charge in [0.25, 0.3) is 0 Å². The Balaban J connectivity index is 1.76. The minimum absolute atomic E-state index is 0.0410. The van der Waals surface area contributed by atoms with Crippen LogP contribution in [0.15, 0.2) is 48.2 Å². The Bertz CT molecular complexity index is 804. The molecule has 0 amide bonds. The number of hydrogen-bond donors (Lipinski definition) is 1. The lowest BCUT2D eigenvalue weighted by Gasteiger charge is -2.13. The average Bonchev–Trinajstić information content (AvgIpc) is 2.86. The molecule has 1 heterocycles. The molecule has 2 aromatic rings. The van der Waals surface area contributed by atoms with E-state index in [1.54, 1.807) is 17.8 Å². The van der Waals surface area contributed by atoms with Crippen LogP contribution in [0.3, 0.4) is 0 Å². The van der Waals surface area contributed by atoms with Gasteiger partial charge in [-0.25, -0.2) is 0 Å². The average molecular weight is 363 g/mol. The number of nitrogens with one attached hydrogen (secondary N) is 1. The van der Waals surface area contributed by atoms with Crippen LogP contribution in [0, 0.1) is 13.8 Å². The Morgan fingerprint density at radius 3 is 2.32 bits per heavy atom. The zero-order valence-corrected chi connectivity index (χ0v) is 15.2. The smallest absolute Gasteiger partial charge is 0.375 e. The van der Waals surface area contributed by atoms with Crippen molar-refractivity contribution in [1.82, 2.24) is 5.32 Å². The van der Waals surface area contributed by atoms with E-state index in [1.165, 1.54) is 33.7 Å². The first kappa shape index (κ1) is 17.9. The molecule has 0 radical (unpaired) electrons. The normalized spacial score (nSPS) is 17.8. The molecule has 0 saturated heterocycles. The van der Waals surface area contributed by atoms with Crippen LogP contribution in [0.5, 0.6) is 0 Å². The number of hydrogen-bond acceptors (Lipinski definition) is 2. The number of halogens is 3. The topological polar surface area (TPSA) is 12.0 Å². The van der Waals surface area contributed by atoms with E-state index in [0.29, 0.717) is 12.0 Å². The summed E-state index contributed by atoms with van der Waals surface area (Å²) in [6, 6.07) is 12.0. The van der Waals surface area contributed by atoms with E-state index >= 15 is 0 Å². The van der Waals surface area contributed by atoms with Crippen molar-refractivity contribution in [1.29, 1.82) is 0 Å². The predicted molar refractivity (Wildman–Crippen MR) is 98.2 cm³/mol. The zero-order chi connectivity index (χ0) is 18.2. The molecule has 1 nitrogen and oxygen atoms in total. The van der Waals surface area contributed by atoms with Crippen LogP contribution in [0.4, 0.5) is 13.2 Å². The molecule has 132 valence electrons. The number of rotatable bonds is 3. The van der Waals surface area contributed by atoms with Crippen LogP contribution >= 0.6 is 11.8 Å². The summed E-state index contributed by atoms with van der Waals surface area (Å²) in [7, 11) is 0. The standard InChI is InChI=1S/C20H20F3NS/c1-12-7-13(2)9-16(8-12)19-14(3)24-18(25-19)11-15-5-4-6-17(10-15)20(21,22)23/h4-10,18,24H,11H2,1-3H3. The fraction of sp³-hybridized carbons (Fsp3) is 0.300. The third-order valence-electron chi connectivity index (χ3n) is 4.14. The van der Waals surface area contributed by atoms with Crippen molar-refractivity contribution in [2.45, 2.75) is 38.7 Å². The number of benzene rings is 2. The molecule has 0 bridgehead atoms. The van der Waals surface area contributed by atoms with E-state index in [9.17, 15) is 13.2 Å². The number of thioether (sulfide) groups is 1. The second kappa shape index (κ2) is 6.79. The molecular weight excluding hydrogens is 343 g/mol. The summed E-state index contributed by atoms with van der Waals surface area (Å²) < 4.78 is 38.6. The highest BCUT2D eigenvalue weighted by atomic mass is 32.2. The van der Waals surface area contributed by atoms with Crippen LogP contribution in [-0.4, -0.2) is 5.37 Å². The summed E-state index contributed by atoms with van der Waals surface area (Å²) in [4.78, 5) is 1.17. The monoisotopic (exact) mass is 363 g/mol. The molecular formula is C20H20F3NS. The van der Waals surface area contributed by atoms with E-state index in [2.05, 4.69) is 37.4 Å². The van der Waals surface area contributed by atoms with Gasteiger partial charge in [0, 0.05) is 17.0 Å². The highest BCUT2D eigenvalue weighted by Gasteiger charge is 2.31. The summed E-state index contributed by atoms with van der Waals surface area (Å²) in [6.45, 7) is 6.16. The second-order valence-electron chi connectivity index (χ2n) is 6.48. The van der Waals surface area contributed by atoms with Crippen LogP contribution in [0.2, 0.25) is 0 Å². The van der Waals surface area contributed by atoms with Gasteiger partial charge in [0.05, 0.1) is 10.9 Å². The molecule has 1 aliphatic rings. The molecule has 1 N–H and O–H groups in total. The van der Waals surface area contributed by atoms with Crippen LogP contribution in [-0.2, 0) is 12.6 Å². The van der Waals surface area contributed by atoms with Crippen molar-refractivity contribution < 1.29 is 13.2 Å². The van der Waals surface area contributed by atoms with Gasteiger partial charge in [0.15, 0.2) is 0 Å². The Kier molecular flexibility index (Phi) is 4.87. The predicted octanol–water partition coefficient (Wildman–Crippen LogP) is 5.92.